The molecule has 2 aromatic carbocycles. The van der Waals surface area contributed by atoms with E-state index in [4.69, 9.17) is 9.47 Å². The first-order valence-corrected chi connectivity index (χ1v) is 10.2. The third-order valence-corrected chi connectivity index (χ3v) is 5.21. The molecule has 0 aliphatic carbocycles. The van der Waals surface area contributed by atoms with Gasteiger partial charge in [0.25, 0.3) is 11.8 Å². The van der Waals surface area contributed by atoms with Gasteiger partial charge in [-0.05, 0) is 37.3 Å². The number of hydrazine groups is 1. The highest BCUT2D eigenvalue weighted by Gasteiger charge is 2.16. The summed E-state index contributed by atoms with van der Waals surface area (Å²) in [5, 5.41) is 0. The number of benzene rings is 2. The molecule has 0 saturated heterocycles. The van der Waals surface area contributed by atoms with Crippen molar-refractivity contribution in [3.63, 3.8) is 0 Å². The van der Waals surface area contributed by atoms with E-state index in [0.29, 0.717) is 17.9 Å². The van der Waals surface area contributed by atoms with Crippen LogP contribution in [0.15, 0.2) is 53.4 Å². The molecule has 2 rings (SSSR count). The fraction of sp³-hybridized carbons (Fsp3) is 0.263. The van der Waals surface area contributed by atoms with E-state index in [1.54, 1.807) is 30.3 Å². The number of nitrogens with one attached hydrogen (secondary N) is 3. The van der Waals surface area contributed by atoms with Crippen LogP contribution in [0.2, 0.25) is 0 Å². The summed E-state index contributed by atoms with van der Waals surface area (Å²) in [6.07, 6.45) is 0. The van der Waals surface area contributed by atoms with Gasteiger partial charge in [0.1, 0.15) is 5.75 Å². The molecule has 10 heteroatoms. The van der Waals surface area contributed by atoms with Crippen molar-refractivity contribution in [2.24, 2.45) is 0 Å². The van der Waals surface area contributed by atoms with E-state index < -0.39 is 28.4 Å². The van der Waals surface area contributed by atoms with Gasteiger partial charge in [-0.2, -0.15) is 0 Å². The summed E-state index contributed by atoms with van der Waals surface area (Å²) in [4.78, 5) is 24.2. The maximum Gasteiger partial charge on any atom is 0.269 e. The Hall–Kier alpha value is -2.95. The smallest absolute Gasteiger partial charge is 0.269 e. The van der Waals surface area contributed by atoms with Crippen molar-refractivity contribution < 1.29 is 27.5 Å². The highest BCUT2D eigenvalue weighted by atomic mass is 32.2. The lowest BCUT2D eigenvalue weighted by Gasteiger charge is -2.12. The zero-order chi connectivity index (χ0) is 21.3. The summed E-state index contributed by atoms with van der Waals surface area (Å²) in [7, 11) is -2.30. The van der Waals surface area contributed by atoms with E-state index in [9.17, 15) is 18.0 Å². The monoisotopic (exact) mass is 421 g/mol. The first-order valence-electron chi connectivity index (χ1n) is 8.76. The topological polar surface area (TPSA) is 123 Å². The van der Waals surface area contributed by atoms with E-state index >= 15 is 0 Å². The van der Waals surface area contributed by atoms with Gasteiger partial charge in [0.05, 0.1) is 25.2 Å². The van der Waals surface area contributed by atoms with Crippen LogP contribution in [0.25, 0.3) is 0 Å². The number of carbonyl (C=O) groups is 2. The van der Waals surface area contributed by atoms with Crippen LogP contribution < -0.4 is 20.3 Å². The number of carbonyl (C=O) groups excluding carboxylic acids is 2. The predicted octanol–water partition coefficient (Wildman–Crippen LogP) is 0.971. The van der Waals surface area contributed by atoms with E-state index in [2.05, 4.69) is 15.6 Å². The average molecular weight is 421 g/mol. The Balaban J connectivity index is 1.90. The van der Waals surface area contributed by atoms with Gasteiger partial charge >= 0.3 is 0 Å². The Bertz CT molecular complexity index is 948. The van der Waals surface area contributed by atoms with Crippen LogP contribution in [0.1, 0.15) is 22.8 Å². The van der Waals surface area contributed by atoms with Crippen molar-refractivity contribution in [2.75, 3.05) is 20.3 Å². The van der Waals surface area contributed by atoms with Crippen molar-refractivity contribution in [3.05, 3.63) is 59.7 Å². The predicted molar refractivity (Wildman–Crippen MR) is 106 cm³/mol. The van der Waals surface area contributed by atoms with Gasteiger partial charge in [-0.1, -0.05) is 18.2 Å². The van der Waals surface area contributed by atoms with Crippen molar-refractivity contribution in [1.29, 1.82) is 0 Å². The van der Waals surface area contributed by atoms with E-state index in [0.717, 1.165) is 0 Å². The molecule has 0 spiro atoms. The first-order chi connectivity index (χ1) is 13.9. The summed E-state index contributed by atoms with van der Waals surface area (Å²) in [6.45, 7) is 2.10. The Kier molecular flexibility index (Phi) is 8.13. The number of methoxy groups -OCH3 is 1. The molecular formula is C19H23N3O6S. The van der Waals surface area contributed by atoms with E-state index in [-0.39, 0.29) is 17.1 Å². The second-order valence-corrected chi connectivity index (χ2v) is 7.57. The minimum Gasteiger partial charge on any atom is -0.496 e. The van der Waals surface area contributed by atoms with Crippen LogP contribution >= 0.6 is 0 Å². The number of amides is 2. The highest BCUT2D eigenvalue weighted by Crippen LogP contribution is 2.20. The maximum atomic E-state index is 12.3. The Labute approximate surface area is 169 Å². The first kappa shape index (κ1) is 22.3. The van der Waals surface area contributed by atoms with Crippen LogP contribution in [-0.4, -0.2) is 40.5 Å². The molecule has 29 heavy (non-hydrogen) atoms. The molecule has 0 aromatic heterocycles. The van der Waals surface area contributed by atoms with Gasteiger partial charge in [-0.3, -0.25) is 20.4 Å². The second kappa shape index (κ2) is 10.6. The fourth-order valence-electron chi connectivity index (χ4n) is 2.33. The summed E-state index contributed by atoms with van der Waals surface area (Å²) in [5.74, 6) is -0.708. The molecule has 0 aliphatic heterocycles. The third kappa shape index (κ3) is 6.56. The molecule has 0 fully saturated rings. The lowest BCUT2D eigenvalue weighted by molar-refractivity contribution is -0.120. The molecule has 0 atom stereocenters. The van der Waals surface area contributed by atoms with Gasteiger partial charge in [0, 0.05) is 17.7 Å². The lowest BCUT2D eigenvalue weighted by atomic mass is 10.1. The van der Waals surface area contributed by atoms with Gasteiger partial charge in [-0.15, -0.1) is 0 Å². The maximum absolute atomic E-state index is 12.3. The molecular weight excluding hydrogens is 398 g/mol. The Morgan fingerprint density at radius 2 is 1.76 bits per heavy atom. The molecule has 2 amide bonds. The van der Waals surface area contributed by atoms with Crippen LogP contribution in [0, 0.1) is 0 Å². The number of hydrogen-bond donors (Lipinski definition) is 3. The molecule has 0 bridgehead atoms. The molecule has 0 aliphatic rings. The largest absolute Gasteiger partial charge is 0.496 e. The minimum atomic E-state index is -3.82. The standard InChI is InChI=1S/C19H23N3O6S/c1-3-28-13-15-11-14(9-10-17(15)27-2)19(24)22-21-18(23)12-20-29(25,26)16-7-5-4-6-8-16/h4-11,20H,3,12-13H2,1-2H3,(H,21,23)(H,22,24). The zero-order valence-corrected chi connectivity index (χ0v) is 16.9. The third-order valence-electron chi connectivity index (χ3n) is 3.80. The second-order valence-electron chi connectivity index (χ2n) is 5.80. The Morgan fingerprint density at radius 3 is 2.41 bits per heavy atom. The van der Waals surface area contributed by atoms with Gasteiger partial charge in [0.2, 0.25) is 10.0 Å². The zero-order valence-electron chi connectivity index (χ0n) is 16.1. The summed E-state index contributed by atoms with van der Waals surface area (Å²) in [5.41, 5.74) is 5.38. The molecule has 0 unspecified atom stereocenters. The molecule has 156 valence electrons. The van der Waals surface area contributed by atoms with Crippen molar-refractivity contribution in [2.45, 2.75) is 18.4 Å². The number of rotatable bonds is 9. The highest BCUT2D eigenvalue weighted by molar-refractivity contribution is 7.89. The van der Waals surface area contributed by atoms with E-state index in [1.807, 2.05) is 6.92 Å². The normalized spacial score (nSPS) is 11.0. The van der Waals surface area contributed by atoms with Crippen LogP contribution in [0.4, 0.5) is 0 Å². The van der Waals surface area contributed by atoms with E-state index in [1.165, 1.54) is 25.3 Å². The van der Waals surface area contributed by atoms with Crippen LogP contribution in [-0.2, 0) is 26.2 Å². The Morgan fingerprint density at radius 1 is 1.03 bits per heavy atom. The fourth-order valence-corrected chi connectivity index (χ4v) is 3.33. The van der Waals surface area contributed by atoms with Gasteiger partial charge < -0.3 is 9.47 Å². The number of ether oxygens (including phenoxy) is 2. The van der Waals surface area contributed by atoms with Crippen molar-refractivity contribution in [3.8, 4) is 5.75 Å². The molecule has 9 nitrogen and oxygen atoms in total. The van der Waals surface area contributed by atoms with Gasteiger partial charge in [0.15, 0.2) is 0 Å². The number of hydrogen-bond acceptors (Lipinski definition) is 6. The molecule has 2 aromatic rings. The quantitative estimate of drug-likeness (QED) is 0.519. The summed E-state index contributed by atoms with van der Waals surface area (Å²) >= 11 is 0. The van der Waals surface area contributed by atoms with Crippen LogP contribution in [0.5, 0.6) is 5.75 Å². The van der Waals surface area contributed by atoms with Crippen molar-refractivity contribution in [1.82, 2.24) is 15.6 Å². The van der Waals surface area contributed by atoms with Crippen molar-refractivity contribution >= 4 is 21.8 Å². The minimum absolute atomic E-state index is 0.0388. The SMILES string of the molecule is CCOCc1cc(C(=O)NNC(=O)CNS(=O)(=O)c2ccccc2)ccc1OC. The molecule has 3 N–H and O–H groups in total. The molecule has 0 saturated carbocycles. The summed E-state index contributed by atoms with van der Waals surface area (Å²) in [6, 6.07) is 12.4. The summed E-state index contributed by atoms with van der Waals surface area (Å²) < 4.78 is 36.9. The molecule has 0 heterocycles. The van der Waals surface area contributed by atoms with Crippen LogP contribution in [0.3, 0.4) is 0 Å². The lowest BCUT2D eigenvalue weighted by Crippen LogP contribution is -2.46. The number of sulfonamides is 1. The van der Waals surface area contributed by atoms with Gasteiger partial charge in [-0.25, -0.2) is 13.1 Å². The average Bonchev–Trinajstić information content (AvgIpc) is 2.75. The molecule has 0 radical (unpaired) electrons.